The summed E-state index contributed by atoms with van der Waals surface area (Å²) in [7, 11) is 0. The summed E-state index contributed by atoms with van der Waals surface area (Å²) in [6.07, 6.45) is 3.77. The van der Waals surface area contributed by atoms with Gasteiger partial charge in [0.1, 0.15) is 0 Å². The van der Waals surface area contributed by atoms with Gasteiger partial charge >= 0.3 is 0 Å². The molecular formula is C16H22O3. The van der Waals surface area contributed by atoms with Crippen LogP contribution in [0.3, 0.4) is 0 Å². The van der Waals surface area contributed by atoms with E-state index in [1.54, 1.807) is 6.08 Å². The fourth-order valence-corrected chi connectivity index (χ4v) is 2.34. The van der Waals surface area contributed by atoms with E-state index in [2.05, 4.69) is 6.58 Å². The van der Waals surface area contributed by atoms with Crippen LogP contribution in [0.1, 0.15) is 24.8 Å². The highest BCUT2D eigenvalue weighted by Crippen LogP contribution is 2.24. The standard InChI is InChI=1S/C16H22O3/c1-2-6-15(17)16-10-9-14(19-16)12-18-11-13-7-4-3-5-8-13/h2-5,7-8,14-17H,1,6,9-12H2/t14-,15+,16+/m0/s1. The minimum atomic E-state index is -0.434. The molecule has 0 aromatic heterocycles. The topological polar surface area (TPSA) is 38.7 Å². The Morgan fingerprint density at radius 2 is 2.16 bits per heavy atom. The van der Waals surface area contributed by atoms with Crippen molar-refractivity contribution in [1.29, 1.82) is 0 Å². The van der Waals surface area contributed by atoms with Gasteiger partial charge in [-0.3, -0.25) is 0 Å². The molecule has 1 saturated heterocycles. The van der Waals surface area contributed by atoms with Crippen LogP contribution in [-0.2, 0) is 16.1 Å². The number of benzene rings is 1. The Morgan fingerprint density at radius 3 is 2.89 bits per heavy atom. The molecule has 0 spiro atoms. The highest BCUT2D eigenvalue weighted by molar-refractivity contribution is 5.13. The Morgan fingerprint density at radius 1 is 1.37 bits per heavy atom. The lowest BCUT2D eigenvalue weighted by molar-refractivity contribution is -0.0617. The molecule has 0 bridgehead atoms. The number of ether oxygens (including phenoxy) is 2. The molecule has 19 heavy (non-hydrogen) atoms. The SMILES string of the molecule is C=CC[C@@H](O)[C@H]1CC[C@@H](COCc2ccccc2)O1. The first-order valence-corrected chi connectivity index (χ1v) is 6.85. The first-order valence-electron chi connectivity index (χ1n) is 6.85. The summed E-state index contributed by atoms with van der Waals surface area (Å²) in [6, 6.07) is 10.1. The van der Waals surface area contributed by atoms with Gasteiger partial charge in [-0.05, 0) is 24.8 Å². The summed E-state index contributed by atoms with van der Waals surface area (Å²) in [6.45, 7) is 4.84. The molecule has 0 unspecified atom stereocenters. The lowest BCUT2D eigenvalue weighted by Gasteiger charge is -2.18. The van der Waals surface area contributed by atoms with Gasteiger partial charge < -0.3 is 14.6 Å². The van der Waals surface area contributed by atoms with Gasteiger partial charge in [0.2, 0.25) is 0 Å². The van der Waals surface area contributed by atoms with Crippen molar-refractivity contribution in [3.8, 4) is 0 Å². The number of hydrogen-bond donors (Lipinski definition) is 1. The second-order valence-electron chi connectivity index (χ2n) is 4.97. The maximum absolute atomic E-state index is 9.83. The van der Waals surface area contributed by atoms with Gasteiger partial charge in [0.25, 0.3) is 0 Å². The fraction of sp³-hybridized carbons (Fsp3) is 0.500. The average Bonchev–Trinajstić information content (AvgIpc) is 2.89. The number of hydrogen-bond acceptors (Lipinski definition) is 3. The molecule has 0 radical (unpaired) electrons. The summed E-state index contributed by atoms with van der Waals surface area (Å²) < 4.78 is 11.5. The van der Waals surface area contributed by atoms with E-state index in [-0.39, 0.29) is 12.2 Å². The van der Waals surface area contributed by atoms with E-state index < -0.39 is 6.10 Å². The van der Waals surface area contributed by atoms with Gasteiger partial charge in [-0.15, -0.1) is 6.58 Å². The first kappa shape index (κ1) is 14.3. The number of rotatable bonds is 7. The Bertz CT molecular complexity index is 377. The van der Waals surface area contributed by atoms with Crippen molar-refractivity contribution >= 4 is 0 Å². The highest BCUT2D eigenvalue weighted by atomic mass is 16.5. The van der Waals surface area contributed by atoms with Crippen molar-refractivity contribution in [2.45, 2.75) is 44.2 Å². The van der Waals surface area contributed by atoms with Crippen LogP contribution in [0, 0.1) is 0 Å². The third kappa shape index (κ3) is 4.46. The van der Waals surface area contributed by atoms with E-state index in [4.69, 9.17) is 9.47 Å². The van der Waals surface area contributed by atoms with Crippen molar-refractivity contribution in [3.05, 3.63) is 48.6 Å². The molecule has 2 rings (SSSR count). The zero-order valence-electron chi connectivity index (χ0n) is 11.2. The molecular weight excluding hydrogens is 240 g/mol. The van der Waals surface area contributed by atoms with Crippen LogP contribution in [0.15, 0.2) is 43.0 Å². The van der Waals surface area contributed by atoms with Gasteiger partial charge in [0.15, 0.2) is 0 Å². The smallest absolute Gasteiger partial charge is 0.0842 e. The molecule has 3 atom stereocenters. The molecule has 1 aromatic carbocycles. The molecule has 1 N–H and O–H groups in total. The number of aliphatic hydroxyl groups excluding tert-OH is 1. The van der Waals surface area contributed by atoms with Gasteiger partial charge in [-0.1, -0.05) is 36.4 Å². The maximum atomic E-state index is 9.83. The molecule has 1 fully saturated rings. The highest BCUT2D eigenvalue weighted by Gasteiger charge is 2.29. The Kier molecular flexibility index (Phi) is 5.58. The van der Waals surface area contributed by atoms with Crippen LogP contribution in [-0.4, -0.2) is 30.0 Å². The normalized spacial score (nSPS) is 24.3. The molecule has 3 heteroatoms. The van der Waals surface area contributed by atoms with Crippen LogP contribution in [0.4, 0.5) is 0 Å². The summed E-state index contributed by atoms with van der Waals surface area (Å²) in [5, 5.41) is 9.83. The van der Waals surface area contributed by atoms with Crippen LogP contribution < -0.4 is 0 Å². The van der Waals surface area contributed by atoms with Gasteiger partial charge in [0.05, 0.1) is 31.5 Å². The number of aliphatic hydroxyl groups is 1. The van der Waals surface area contributed by atoms with Crippen LogP contribution in [0.2, 0.25) is 0 Å². The molecule has 3 nitrogen and oxygen atoms in total. The second-order valence-corrected chi connectivity index (χ2v) is 4.97. The van der Waals surface area contributed by atoms with Crippen molar-refractivity contribution < 1.29 is 14.6 Å². The van der Waals surface area contributed by atoms with E-state index in [0.29, 0.717) is 19.6 Å². The van der Waals surface area contributed by atoms with Crippen LogP contribution in [0.25, 0.3) is 0 Å². The minimum absolute atomic E-state index is 0.0664. The summed E-state index contributed by atoms with van der Waals surface area (Å²) in [5.74, 6) is 0. The Hall–Kier alpha value is -1.16. The summed E-state index contributed by atoms with van der Waals surface area (Å²) >= 11 is 0. The monoisotopic (exact) mass is 262 g/mol. The zero-order chi connectivity index (χ0) is 13.5. The van der Waals surface area contributed by atoms with Gasteiger partial charge in [-0.2, -0.15) is 0 Å². The second kappa shape index (κ2) is 7.43. The minimum Gasteiger partial charge on any atom is -0.390 e. The largest absolute Gasteiger partial charge is 0.390 e. The molecule has 104 valence electrons. The van der Waals surface area contributed by atoms with Crippen molar-refractivity contribution in [2.24, 2.45) is 0 Å². The fourth-order valence-electron chi connectivity index (χ4n) is 2.34. The molecule has 1 heterocycles. The molecule has 1 aliphatic rings. The van der Waals surface area contributed by atoms with E-state index in [1.807, 2.05) is 30.3 Å². The Balaban J connectivity index is 1.66. The average molecular weight is 262 g/mol. The van der Waals surface area contributed by atoms with Crippen LogP contribution in [0.5, 0.6) is 0 Å². The van der Waals surface area contributed by atoms with Crippen molar-refractivity contribution in [1.82, 2.24) is 0 Å². The molecule has 0 amide bonds. The molecule has 0 saturated carbocycles. The first-order chi connectivity index (χ1) is 9.29. The predicted octanol–water partition coefficient (Wildman–Crippen LogP) is 2.69. The zero-order valence-corrected chi connectivity index (χ0v) is 11.2. The predicted molar refractivity (Wildman–Crippen MR) is 74.8 cm³/mol. The Labute approximate surface area is 114 Å². The van der Waals surface area contributed by atoms with E-state index >= 15 is 0 Å². The van der Waals surface area contributed by atoms with Crippen LogP contribution >= 0.6 is 0 Å². The van der Waals surface area contributed by atoms with Crippen molar-refractivity contribution in [3.63, 3.8) is 0 Å². The quantitative estimate of drug-likeness (QED) is 0.768. The van der Waals surface area contributed by atoms with E-state index in [9.17, 15) is 5.11 Å². The third-order valence-electron chi connectivity index (χ3n) is 3.39. The van der Waals surface area contributed by atoms with Gasteiger partial charge in [-0.25, -0.2) is 0 Å². The summed E-state index contributed by atoms with van der Waals surface area (Å²) in [5.41, 5.74) is 1.17. The molecule has 1 aromatic rings. The van der Waals surface area contributed by atoms with E-state index in [0.717, 1.165) is 12.8 Å². The van der Waals surface area contributed by atoms with Gasteiger partial charge in [0, 0.05) is 0 Å². The third-order valence-corrected chi connectivity index (χ3v) is 3.39. The van der Waals surface area contributed by atoms with Crippen molar-refractivity contribution in [2.75, 3.05) is 6.61 Å². The van der Waals surface area contributed by atoms with E-state index in [1.165, 1.54) is 5.56 Å². The lowest BCUT2D eigenvalue weighted by Crippen LogP contribution is -2.27. The molecule has 0 aliphatic carbocycles. The lowest BCUT2D eigenvalue weighted by atomic mass is 10.1. The molecule has 1 aliphatic heterocycles. The maximum Gasteiger partial charge on any atom is 0.0842 e. The summed E-state index contributed by atoms with van der Waals surface area (Å²) in [4.78, 5) is 0.